The van der Waals surface area contributed by atoms with Gasteiger partial charge in [0, 0.05) is 6.08 Å². The predicted molar refractivity (Wildman–Crippen MR) is 61.7 cm³/mol. The van der Waals surface area contributed by atoms with Gasteiger partial charge in [-0.15, -0.1) is 0 Å². The molecule has 1 aliphatic rings. The van der Waals surface area contributed by atoms with Crippen LogP contribution in [0.4, 0.5) is 0 Å². The highest BCUT2D eigenvalue weighted by molar-refractivity contribution is 5.81. The van der Waals surface area contributed by atoms with Gasteiger partial charge in [-0.1, -0.05) is 32.8 Å². The van der Waals surface area contributed by atoms with Crippen LogP contribution in [0.5, 0.6) is 0 Å². The zero-order valence-electron chi connectivity index (χ0n) is 9.99. The monoisotopic (exact) mass is 210 g/mol. The topological polar surface area (TPSA) is 37.3 Å². The fourth-order valence-corrected chi connectivity index (χ4v) is 2.45. The fraction of sp³-hybridized carbons (Fsp3) is 0.769. The van der Waals surface area contributed by atoms with Crippen molar-refractivity contribution in [3.8, 4) is 0 Å². The molecule has 2 nitrogen and oxygen atoms in total. The molecule has 0 heterocycles. The summed E-state index contributed by atoms with van der Waals surface area (Å²) in [4.78, 5) is 10.7. The third-order valence-corrected chi connectivity index (χ3v) is 3.68. The molecule has 0 aliphatic heterocycles. The molecule has 1 fully saturated rings. The summed E-state index contributed by atoms with van der Waals surface area (Å²) in [6.45, 7) is 6.58. The zero-order chi connectivity index (χ0) is 11.4. The lowest BCUT2D eigenvalue weighted by Crippen LogP contribution is -2.29. The highest BCUT2D eigenvalue weighted by Crippen LogP contribution is 2.45. The Labute approximate surface area is 92.4 Å². The van der Waals surface area contributed by atoms with Crippen LogP contribution in [0.2, 0.25) is 0 Å². The van der Waals surface area contributed by atoms with Gasteiger partial charge in [0.15, 0.2) is 0 Å². The van der Waals surface area contributed by atoms with Crippen molar-refractivity contribution in [3.63, 3.8) is 0 Å². The molecule has 0 spiro atoms. The molecule has 0 amide bonds. The molecule has 0 bridgehead atoms. The maximum atomic E-state index is 10.7. The second-order valence-electron chi connectivity index (χ2n) is 4.77. The minimum absolute atomic E-state index is 0.537. The van der Waals surface area contributed by atoms with Crippen molar-refractivity contribution in [2.24, 2.45) is 17.8 Å². The van der Waals surface area contributed by atoms with Gasteiger partial charge in [0.05, 0.1) is 0 Å². The number of allylic oxidation sites excluding steroid dienone is 1. The minimum atomic E-state index is -0.780. The lowest BCUT2D eigenvalue weighted by molar-refractivity contribution is -0.131. The summed E-state index contributed by atoms with van der Waals surface area (Å²) >= 11 is 0. The molecule has 3 atom stereocenters. The number of hydrogen-bond acceptors (Lipinski definition) is 1. The molecule has 1 aliphatic carbocycles. The summed E-state index contributed by atoms with van der Waals surface area (Å²) in [6.07, 6.45) is 6.07. The highest BCUT2D eigenvalue weighted by atomic mass is 16.4. The lowest BCUT2D eigenvalue weighted by atomic mass is 9.65. The number of carboxylic acids is 1. The van der Waals surface area contributed by atoms with Crippen LogP contribution in [-0.4, -0.2) is 11.1 Å². The molecule has 0 radical (unpaired) electrons. The lowest BCUT2D eigenvalue weighted by Gasteiger charge is -2.40. The Morgan fingerprint density at radius 2 is 2.20 bits per heavy atom. The Hall–Kier alpha value is -0.790. The van der Waals surface area contributed by atoms with E-state index in [4.69, 9.17) is 5.11 Å². The van der Waals surface area contributed by atoms with Crippen LogP contribution >= 0.6 is 0 Å². The third-order valence-electron chi connectivity index (χ3n) is 3.68. The first-order valence-electron chi connectivity index (χ1n) is 6.02. The van der Waals surface area contributed by atoms with Gasteiger partial charge in [-0.05, 0) is 37.0 Å². The van der Waals surface area contributed by atoms with Crippen LogP contribution in [-0.2, 0) is 4.79 Å². The Morgan fingerprint density at radius 1 is 1.53 bits per heavy atom. The summed E-state index contributed by atoms with van der Waals surface area (Å²) in [7, 11) is 0. The number of carboxylic acid groups (broad SMARTS) is 1. The average Bonchev–Trinajstić information content (AvgIpc) is 2.19. The van der Waals surface area contributed by atoms with Crippen LogP contribution in [0.3, 0.4) is 0 Å². The quantitative estimate of drug-likeness (QED) is 0.705. The van der Waals surface area contributed by atoms with Crippen LogP contribution in [0.25, 0.3) is 0 Å². The van der Waals surface area contributed by atoms with Crippen LogP contribution in [0, 0.1) is 17.8 Å². The van der Waals surface area contributed by atoms with Crippen molar-refractivity contribution in [2.45, 2.75) is 46.5 Å². The number of carbonyl (C=O) groups is 1. The molecule has 2 heteroatoms. The highest BCUT2D eigenvalue weighted by Gasteiger charge is 2.34. The number of hydrogen-bond donors (Lipinski definition) is 1. The normalized spacial score (nSPS) is 29.9. The van der Waals surface area contributed by atoms with Crippen molar-refractivity contribution in [2.75, 3.05) is 0 Å². The average molecular weight is 210 g/mol. The van der Waals surface area contributed by atoms with Gasteiger partial charge in [0.2, 0.25) is 0 Å². The summed E-state index contributed by atoms with van der Waals surface area (Å²) in [5.41, 5.74) is 1.19. The Kier molecular flexibility index (Phi) is 4.37. The second kappa shape index (κ2) is 5.34. The van der Waals surface area contributed by atoms with Crippen LogP contribution in [0.15, 0.2) is 11.6 Å². The predicted octanol–water partition coefficient (Wildman–Crippen LogP) is 3.48. The number of aliphatic carboxylic acids is 1. The molecule has 1 saturated carbocycles. The van der Waals surface area contributed by atoms with Gasteiger partial charge >= 0.3 is 5.97 Å². The zero-order valence-corrected chi connectivity index (χ0v) is 9.99. The van der Waals surface area contributed by atoms with Gasteiger partial charge in [-0.2, -0.15) is 0 Å². The molecule has 15 heavy (non-hydrogen) atoms. The van der Waals surface area contributed by atoms with Gasteiger partial charge in [-0.25, -0.2) is 4.79 Å². The fourth-order valence-electron chi connectivity index (χ4n) is 2.45. The van der Waals surface area contributed by atoms with E-state index in [0.717, 1.165) is 12.8 Å². The van der Waals surface area contributed by atoms with Gasteiger partial charge in [-0.3, -0.25) is 0 Å². The van der Waals surface area contributed by atoms with Crippen molar-refractivity contribution in [1.29, 1.82) is 0 Å². The first kappa shape index (κ1) is 12.3. The first-order valence-corrected chi connectivity index (χ1v) is 6.02. The van der Waals surface area contributed by atoms with Crippen LogP contribution < -0.4 is 0 Å². The van der Waals surface area contributed by atoms with Crippen molar-refractivity contribution >= 4 is 5.97 Å². The summed E-state index contributed by atoms with van der Waals surface area (Å²) < 4.78 is 0. The van der Waals surface area contributed by atoms with Crippen molar-refractivity contribution in [1.82, 2.24) is 0 Å². The molecule has 3 unspecified atom stereocenters. The second-order valence-corrected chi connectivity index (χ2v) is 4.77. The smallest absolute Gasteiger partial charge is 0.328 e. The molecular weight excluding hydrogens is 188 g/mol. The standard InChI is InChI=1S/C13H22O2/c1-4-9(3)6-11-7-10(5-2)12(11)8-13(14)15/h8-11H,4-7H2,1-3H3,(H,14,15)/b12-8+. The van der Waals surface area contributed by atoms with Crippen molar-refractivity contribution in [3.05, 3.63) is 11.6 Å². The van der Waals surface area contributed by atoms with E-state index in [1.54, 1.807) is 0 Å². The minimum Gasteiger partial charge on any atom is -0.478 e. The number of rotatable bonds is 5. The van der Waals surface area contributed by atoms with E-state index in [1.807, 2.05) is 0 Å². The first-order chi connectivity index (χ1) is 7.08. The summed E-state index contributed by atoms with van der Waals surface area (Å²) in [5, 5.41) is 8.79. The molecule has 86 valence electrons. The third kappa shape index (κ3) is 3.08. The van der Waals surface area contributed by atoms with E-state index in [1.165, 1.54) is 24.5 Å². The molecule has 0 aromatic rings. The van der Waals surface area contributed by atoms with E-state index in [0.29, 0.717) is 17.8 Å². The van der Waals surface area contributed by atoms with Gasteiger partial charge in [0.25, 0.3) is 0 Å². The van der Waals surface area contributed by atoms with Gasteiger partial charge in [0.1, 0.15) is 0 Å². The van der Waals surface area contributed by atoms with E-state index >= 15 is 0 Å². The molecular formula is C13H22O2. The molecule has 1 rings (SSSR count). The Bertz CT molecular complexity index is 255. The van der Waals surface area contributed by atoms with E-state index in [-0.39, 0.29) is 0 Å². The largest absolute Gasteiger partial charge is 0.478 e. The molecule has 0 aromatic heterocycles. The molecule has 0 saturated heterocycles. The summed E-state index contributed by atoms with van der Waals surface area (Å²) in [6, 6.07) is 0. The van der Waals surface area contributed by atoms with Crippen LogP contribution in [0.1, 0.15) is 46.5 Å². The maximum Gasteiger partial charge on any atom is 0.328 e. The molecule has 0 aromatic carbocycles. The van der Waals surface area contributed by atoms with Gasteiger partial charge < -0.3 is 5.11 Å². The van der Waals surface area contributed by atoms with E-state index < -0.39 is 5.97 Å². The Morgan fingerprint density at radius 3 is 2.67 bits per heavy atom. The Balaban J connectivity index is 2.57. The molecule has 1 N–H and O–H groups in total. The maximum absolute atomic E-state index is 10.7. The SMILES string of the molecule is CCC(C)CC1CC(CC)/C1=C\C(=O)O. The summed E-state index contributed by atoms with van der Waals surface area (Å²) in [5.74, 6) is 1.01. The van der Waals surface area contributed by atoms with E-state index in [2.05, 4.69) is 20.8 Å². The van der Waals surface area contributed by atoms with E-state index in [9.17, 15) is 4.79 Å². The van der Waals surface area contributed by atoms with Crippen molar-refractivity contribution < 1.29 is 9.90 Å².